The van der Waals surface area contributed by atoms with Gasteiger partial charge in [0.05, 0.1) is 21.2 Å². The average molecular weight is 497 g/mol. The van der Waals surface area contributed by atoms with E-state index < -0.39 is 20.0 Å². The van der Waals surface area contributed by atoms with Crippen LogP contribution in [0.25, 0.3) is 0 Å². The molecule has 11 heteroatoms. The highest BCUT2D eigenvalue weighted by Crippen LogP contribution is 2.30. The third-order valence-corrected chi connectivity index (χ3v) is 8.50. The molecule has 0 aliphatic heterocycles. The summed E-state index contributed by atoms with van der Waals surface area (Å²) in [6.07, 6.45) is 0.795. The fourth-order valence-corrected chi connectivity index (χ4v) is 6.09. The molecule has 0 aliphatic rings. The van der Waals surface area contributed by atoms with E-state index in [1.165, 1.54) is 29.4 Å². The number of nitrogens with one attached hydrogen (secondary N) is 3. The first-order valence-electron chi connectivity index (χ1n) is 10.7. The Morgan fingerprint density at radius 3 is 2.18 bits per heavy atom. The number of hydrogen-bond acceptors (Lipinski definition) is 6. The Bertz CT molecular complexity index is 1210. The van der Waals surface area contributed by atoms with E-state index in [4.69, 9.17) is 0 Å². The molecule has 2 aromatic rings. The fraction of sp³-hybridized carbons (Fsp3) is 0.409. The number of amides is 1. The number of benzene rings is 2. The standard InChI is InChI=1S/C22H32N4O5S2/c1-6-13-23-20-12-11-19(33(30,31)26(7-2)8-3)15-21(20)25-32(28,29)22-14-18(24-17(5)27)10-9-16(22)4/h9-12,14-15,23,25H,6-8,13H2,1-5H3,(H,24,27). The van der Waals surface area contributed by atoms with Crippen molar-refractivity contribution in [1.29, 1.82) is 0 Å². The van der Waals surface area contributed by atoms with Crippen LogP contribution in [0.15, 0.2) is 46.2 Å². The highest BCUT2D eigenvalue weighted by atomic mass is 32.2. The number of carbonyl (C=O) groups is 1. The lowest BCUT2D eigenvalue weighted by atomic mass is 10.2. The van der Waals surface area contributed by atoms with Crippen molar-refractivity contribution in [3.05, 3.63) is 42.0 Å². The maximum atomic E-state index is 13.3. The van der Waals surface area contributed by atoms with E-state index in [9.17, 15) is 21.6 Å². The Morgan fingerprint density at radius 1 is 0.939 bits per heavy atom. The second-order valence-corrected chi connectivity index (χ2v) is 11.1. The van der Waals surface area contributed by atoms with Gasteiger partial charge in [-0.2, -0.15) is 4.31 Å². The summed E-state index contributed by atoms with van der Waals surface area (Å²) in [5, 5.41) is 5.71. The number of anilines is 3. The van der Waals surface area contributed by atoms with Crippen LogP contribution in [-0.4, -0.2) is 46.7 Å². The minimum absolute atomic E-state index is 0.00494. The van der Waals surface area contributed by atoms with Crippen LogP contribution >= 0.6 is 0 Å². The maximum Gasteiger partial charge on any atom is 0.262 e. The predicted molar refractivity (Wildman–Crippen MR) is 132 cm³/mol. The van der Waals surface area contributed by atoms with Crippen LogP contribution in [-0.2, 0) is 24.8 Å². The third kappa shape index (κ3) is 6.46. The highest BCUT2D eigenvalue weighted by molar-refractivity contribution is 7.92. The molecule has 2 rings (SSSR count). The molecule has 0 bridgehead atoms. The van der Waals surface area contributed by atoms with E-state index in [0.29, 0.717) is 36.6 Å². The van der Waals surface area contributed by atoms with Crippen molar-refractivity contribution in [2.24, 2.45) is 0 Å². The Morgan fingerprint density at radius 2 is 1.61 bits per heavy atom. The Kier molecular flexibility index (Phi) is 8.87. The van der Waals surface area contributed by atoms with Crippen molar-refractivity contribution < 1.29 is 21.6 Å². The van der Waals surface area contributed by atoms with Crippen molar-refractivity contribution in [2.45, 2.75) is 50.8 Å². The summed E-state index contributed by atoms with van der Waals surface area (Å²) in [4.78, 5) is 11.4. The molecule has 0 unspecified atom stereocenters. The zero-order valence-electron chi connectivity index (χ0n) is 19.6. The van der Waals surface area contributed by atoms with Crippen LogP contribution < -0.4 is 15.4 Å². The molecule has 0 radical (unpaired) electrons. The van der Waals surface area contributed by atoms with Crippen molar-refractivity contribution in [3.63, 3.8) is 0 Å². The Hall–Kier alpha value is -2.63. The van der Waals surface area contributed by atoms with Crippen molar-refractivity contribution in [2.75, 3.05) is 35.0 Å². The zero-order valence-corrected chi connectivity index (χ0v) is 21.2. The topological polar surface area (TPSA) is 125 Å². The van der Waals surface area contributed by atoms with Gasteiger partial charge < -0.3 is 10.6 Å². The van der Waals surface area contributed by atoms with Gasteiger partial charge in [0.1, 0.15) is 0 Å². The SMILES string of the molecule is CCCNc1ccc(S(=O)(=O)N(CC)CC)cc1NS(=O)(=O)c1cc(NC(C)=O)ccc1C. The summed E-state index contributed by atoms with van der Waals surface area (Å²) < 4.78 is 56.4. The second kappa shape index (κ2) is 11.0. The second-order valence-electron chi connectivity index (χ2n) is 7.49. The smallest absolute Gasteiger partial charge is 0.262 e. The van der Waals surface area contributed by atoms with Gasteiger partial charge in [0.2, 0.25) is 15.9 Å². The Labute approximate surface area is 196 Å². The first-order valence-corrected chi connectivity index (χ1v) is 13.7. The molecular weight excluding hydrogens is 464 g/mol. The van der Waals surface area contributed by atoms with Crippen LogP contribution in [0.3, 0.4) is 0 Å². The van der Waals surface area contributed by atoms with Crippen LogP contribution in [0.5, 0.6) is 0 Å². The average Bonchev–Trinajstić information content (AvgIpc) is 2.74. The van der Waals surface area contributed by atoms with Crippen molar-refractivity contribution in [1.82, 2.24) is 4.31 Å². The number of carbonyl (C=O) groups excluding carboxylic acids is 1. The highest BCUT2D eigenvalue weighted by Gasteiger charge is 2.25. The number of sulfonamides is 2. The number of nitrogens with zero attached hydrogens (tertiary/aromatic N) is 1. The maximum absolute atomic E-state index is 13.3. The molecular formula is C22H32N4O5S2. The van der Waals surface area contributed by atoms with Gasteiger partial charge in [0, 0.05) is 32.2 Å². The molecule has 0 aromatic heterocycles. The lowest BCUT2D eigenvalue weighted by Gasteiger charge is -2.21. The lowest BCUT2D eigenvalue weighted by Crippen LogP contribution is -2.30. The minimum Gasteiger partial charge on any atom is -0.383 e. The van der Waals surface area contributed by atoms with Crippen LogP contribution in [0.4, 0.5) is 17.1 Å². The number of hydrogen-bond donors (Lipinski definition) is 3. The zero-order chi connectivity index (χ0) is 24.8. The normalized spacial score (nSPS) is 11.9. The Balaban J connectivity index is 2.56. The van der Waals surface area contributed by atoms with Gasteiger partial charge in [-0.15, -0.1) is 0 Å². The van der Waals surface area contributed by atoms with Gasteiger partial charge in [0.15, 0.2) is 0 Å². The van der Waals surface area contributed by atoms with Crippen LogP contribution in [0.1, 0.15) is 39.7 Å². The van der Waals surface area contributed by atoms with E-state index in [1.807, 2.05) is 6.92 Å². The molecule has 3 N–H and O–H groups in total. The molecule has 182 valence electrons. The van der Waals surface area contributed by atoms with E-state index in [1.54, 1.807) is 39.0 Å². The molecule has 2 aromatic carbocycles. The van der Waals surface area contributed by atoms with Crippen molar-refractivity contribution >= 4 is 43.0 Å². The van der Waals surface area contributed by atoms with Gasteiger partial charge in [0.25, 0.3) is 10.0 Å². The van der Waals surface area contributed by atoms with Gasteiger partial charge in [-0.1, -0.05) is 26.8 Å². The molecule has 0 aliphatic carbocycles. The lowest BCUT2D eigenvalue weighted by molar-refractivity contribution is -0.114. The third-order valence-electron chi connectivity index (χ3n) is 4.94. The molecule has 1 amide bonds. The summed E-state index contributed by atoms with van der Waals surface area (Å²) in [6, 6.07) is 8.93. The summed E-state index contributed by atoms with van der Waals surface area (Å²) in [7, 11) is -7.88. The van der Waals surface area contributed by atoms with Gasteiger partial charge in [-0.3, -0.25) is 9.52 Å². The summed E-state index contributed by atoms with van der Waals surface area (Å²) in [5.41, 5.74) is 1.41. The van der Waals surface area contributed by atoms with Crippen LogP contribution in [0, 0.1) is 6.92 Å². The minimum atomic E-state index is -4.09. The predicted octanol–water partition coefficient (Wildman–Crippen LogP) is 3.61. The molecule has 0 heterocycles. The summed E-state index contributed by atoms with van der Waals surface area (Å²) in [6.45, 7) is 9.60. The molecule has 0 fully saturated rings. The molecule has 0 atom stereocenters. The first kappa shape index (κ1) is 26.6. The summed E-state index contributed by atoms with van der Waals surface area (Å²) in [5.74, 6) is -0.324. The first-order chi connectivity index (χ1) is 15.5. The quantitative estimate of drug-likeness (QED) is 0.437. The monoisotopic (exact) mass is 496 g/mol. The van der Waals surface area contributed by atoms with E-state index in [2.05, 4.69) is 15.4 Å². The van der Waals surface area contributed by atoms with Gasteiger partial charge in [-0.05, 0) is 49.2 Å². The van der Waals surface area contributed by atoms with Crippen LogP contribution in [0.2, 0.25) is 0 Å². The van der Waals surface area contributed by atoms with Gasteiger partial charge in [-0.25, -0.2) is 16.8 Å². The number of aryl methyl sites for hydroxylation is 1. The molecule has 33 heavy (non-hydrogen) atoms. The number of rotatable bonds is 11. The molecule has 0 saturated heterocycles. The molecule has 0 saturated carbocycles. The van der Waals surface area contributed by atoms with E-state index >= 15 is 0 Å². The fourth-order valence-electron chi connectivity index (χ4n) is 3.27. The van der Waals surface area contributed by atoms with Crippen molar-refractivity contribution in [3.8, 4) is 0 Å². The molecule has 0 spiro atoms. The summed E-state index contributed by atoms with van der Waals surface area (Å²) >= 11 is 0. The van der Waals surface area contributed by atoms with E-state index in [-0.39, 0.29) is 21.4 Å². The van der Waals surface area contributed by atoms with E-state index in [0.717, 1.165) is 6.42 Å². The van der Waals surface area contributed by atoms with Gasteiger partial charge >= 0.3 is 0 Å². The largest absolute Gasteiger partial charge is 0.383 e. The molecule has 9 nitrogen and oxygen atoms in total.